The normalized spacial score (nSPS) is 9.94. The molecule has 4 heteroatoms. The van der Waals surface area contributed by atoms with Gasteiger partial charge < -0.3 is 9.84 Å². The van der Waals surface area contributed by atoms with E-state index < -0.39 is 5.97 Å². The predicted molar refractivity (Wildman–Crippen MR) is 63.2 cm³/mol. The van der Waals surface area contributed by atoms with Crippen LogP contribution in [0.3, 0.4) is 0 Å². The molecule has 0 aliphatic rings. The van der Waals surface area contributed by atoms with Crippen LogP contribution in [0.25, 0.3) is 11.1 Å². The van der Waals surface area contributed by atoms with E-state index in [0.717, 1.165) is 5.56 Å². The Balaban J connectivity index is 2.56. The highest BCUT2D eigenvalue weighted by atomic mass is 16.5. The highest BCUT2D eigenvalue weighted by molar-refractivity contribution is 5.96. The summed E-state index contributed by atoms with van der Waals surface area (Å²) in [5.41, 5.74) is 1.69. The molecule has 0 unspecified atom stereocenters. The molecule has 1 aromatic heterocycles. The fraction of sp³-hybridized carbons (Fsp3) is 0.0769. The van der Waals surface area contributed by atoms with Crippen LogP contribution in [0.1, 0.15) is 10.4 Å². The molecular formula is C13H11NO3. The van der Waals surface area contributed by atoms with Crippen LogP contribution in [0.2, 0.25) is 0 Å². The van der Waals surface area contributed by atoms with E-state index in [0.29, 0.717) is 11.4 Å². The molecule has 86 valence electrons. The second-order valence-electron chi connectivity index (χ2n) is 3.44. The highest BCUT2D eigenvalue weighted by Crippen LogP contribution is 2.25. The molecule has 0 fully saturated rings. The third kappa shape index (κ3) is 2.25. The Kier molecular flexibility index (Phi) is 3.05. The Bertz CT molecular complexity index is 552. The fourth-order valence-corrected chi connectivity index (χ4v) is 1.61. The highest BCUT2D eigenvalue weighted by Gasteiger charge is 2.11. The molecule has 2 rings (SSSR count). The van der Waals surface area contributed by atoms with E-state index in [9.17, 15) is 4.79 Å². The average molecular weight is 229 g/mol. The Hall–Kier alpha value is -2.36. The quantitative estimate of drug-likeness (QED) is 0.878. The molecule has 0 amide bonds. The van der Waals surface area contributed by atoms with Crippen molar-refractivity contribution in [3.05, 3.63) is 48.2 Å². The molecule has 1 heterocycles. The second kappa shape index (κ2) is 4.65. The Labute approximate surface area is 98.5 Å². The van der Waals surface area contributed by atoms with Gasteiger partial charge in [-0.3, -0.25) is 0 Å². The van der Waals surface area contributed by atoms with E-state index in [1.165, 1.54) is 7.11 Å². The van der Waals surface area contributed by atoms with E-state index in [2.05, 4.69) is 4.98 Å². The SMILES string of the molecule is COc1cc(-c2ccccc2C(=O)O)ccn1. The van der Waals surface area contributed by atoms with Crippen molar-refractivity contribution in [1.82, 2.24) is 4.98 Å². The number of aromatic carboxylic acids is 1. The summed E-state index contributed by atoms with van der Waals surface area (Å²) in [6.45, 7) is 0. The van der Waals surface area contributed by atoms with Crippen LogP contribution in [0.4, 0.5) is 0 Å². The van der Waals surface area contributed by atoms with Crippen molar-refractivity contribution >= 4 is 5.97 Å². The average Bonchev–Trinajstić information content (AvgIpc) is 2.39. The van der Waals surface area contributed by atoms with Crippen LogP contribution < -0.4 is 4.74 Å². The minimum absolute atomic E-state index is 0.265. The third-order valence-electron chi connectivity index (χ3n) is 2.41. The number of benzene rings is 1. The Morgan fingerprint density at radius 1 is 1.29 bits per heavy atom. The minimum Gasteiger partial charge on any atom is -0.481 e. The maximum absolute atomic E-state index is 11.1. The molecule has 0 aliphatic heterocycles. The lowest BCUT2D eigenvalue weighted by atomic mass is 10.0. The van der Waals surface area contributed by atoms with Gasteiger partial charge in [-0.1, -0.05) is 18.2 Å². The maximum atomic E-state index is 11.1. The Morgan fingerprint density at radius 2 is 2.06 bits per heavy atom. The number of carbonyl (C=O) groups is 1. The van der Waals surface area contributed by atoms with E-state index in [1.54, 1.807) is 42.6 Å². The van der Waals surface area contributed by atoms with Gasteiger partial charge in [-0.25, -0.2) is 9.78 Å². The summed E-state index contributed by atoms with van der Waals surface area (Å²) in [7, 11) is 1.52. The summed E-state index contributed by atoms with van der Waals surface area (Å²) in [5, 5.41) is 9.11. The van der Waals surface area contributed by atoms with Gasteiger partial charge in [0.05, 0.1) is 12.7 Å². The van der Waals surface area contributed by atoms with E-state index >= 15 is 0 Å². The van der Waals surface area contributed by atoms with Gasteiger partial charge in [0.25, 0.3) is 0 Å². The van der Waals surface area contributed by atoms with E-state index in [1.807, 2.05) is 0 Å². The summed E-state index contributed by atoms with van der Waals surface area (Å²) in [5.74, 6) is -0.487. The van der Waals surface area contributed by atoms with Crippen molar-refractivity contribution in [3.63, 3.8) is 0 Å². The third-order valence-corrected chi connectivity index (χ3v) is 2.41. The molecule has 1 N–H and O–H groups in total. The molecule has 0 radical (unpaired) electrons. The number of aromatic nitrogens is 1. The lowest BCUT2D eigenvalue weighted by Gasteiger charge is -2.06. The number of carboxylic acids is 1. The molecule has 17 heavy (non-hydrogen) atoms. The first-order valence-electron chi connectivity index (χ1n) is 5.05. The van der Waals surface area contributed by atoms with Crippen molar-refractivity contribution in [1.29, 1.82) is 0 Å². The number of methoxy groups -OCH3 is 1. The van der Waals surface area contributed by atoms with Gasteiger partial charge >= 0.3 is 5.97 Å². The van der Waals surface area contributed by atoms with Gasteiger partial charge in [0.1, 0.15) is 0 Å². The maximum Gasteiger partial charge on any atom is 0.336 e. The number of carboxylic acid groups (broad SMARTS) is 1. The summed E-state index contributed by atoms with van der Waals surface area (Å²) < 4.78 is 5.02. The van der Waals surface area contributed by atoms with Gasteiger partial charge in [0.15, 0.2) is 0 Å². The zero-order valence-electron chi connectivity index (χ0n) is 9.25. The molecule has 0 bridgehead atoms. The zero-order chi connectivity index (χ0) is 12.3. The smallest absolute Gasteiger partial charge is 0.336 e. The van der Waals surface area contributed by atoms with Crippen molar-refractivity contribution in [2.75, 3.05) is 7.11 Å². The fourth-order valence-electron chi connectivity index (χ4n) is 1.61. The van der Waals surface area contributed by atoms with Gasteiger partial charge in [0.2, 0.25) is 5.88 Å². The molecule has 0 saturated heterocycles. The summed E-state index contributed by atoms with van der Waals surface area (Å²) in [6, 6.07) is 10.3. The number of rotatable bonds is 3. The zero-order valence-corrected chi connectivity index (χ0v) is 9.25. The van der Waals surface area contributed by atoms with Gasteiger partial charge in [-0.2, -0.15) is 0 Å². The number of hydrogen-bond acceptors (Lipinski definition) is 3. The molecular weight excluding hydrogens is 218 g/mol. The van der Waals surface area contributed by atoms with Crippen molar-refractivity contribution in [2.45, 2.75) is 0 Å². The minimum atomic E-state index is -0.948. The van der Waals surface area contributed by atoms with Crippen LogP contribution in [-0.2, 0) is 0 Å². The summed E-state index contributed by atoms with van der Waals surface area (Å²) in [4.78, 5) is 15.1. The van der Waals surface area contributed by atoms with Crippen LogP contribution in [0.15, 0.2) is 42.6 Å². The first kappa shape index (κ1) is 11.1. The van der Waals surface area contributed by atoms with Crippen LogP contribution in [0.5, 0.6) is 5.88 Å². The summed E-state index contributed by atoms with van der Waals surface area (Å²) >= 11 is 0. The van der Waals surface area contributed by atoms with Crippen LogP contribution in [-0.4, -0.2) is 23.2 Å². The Morgan fingerprint density at radius 3 is 2.76 bits per heavy atom. The molecule has 0 aliphatic carbocycles. The van der Waals surface area contributed by atoms with Gasteiger partial charge in [-0.05, 0) is 23.3 Å². The topological polar surface area (TPSA) is 59.4 Å². The number of pyridine rings is 1. The first-order valence-corrected chi connectivity index (χ1v) is 5.05. The van der Waals surface area contributed by atoms with Crippen molar-refractivity contribution < 1.29 is 14.6 Å². The predicted octanol–water partition coefficient (Wildman–Crippen LogP) is 2.46. The number of hydrogen-bond donors (Lipinski definition) is 1. The van der Waals surface area contributed by atoms with Crippen molar-refractivity contribution in [2.24, 2.45) is 0 Å². The van der Waals surface area contributed by atoms with Gasteiger partial charge in [0, 0.05) is 12.3 Å². The second-order valence-corrected chi connectivity index (χ2v) is 3.44. The van der Waals surface area contributed by atoms with Crippen molar-refractivity contribution in [3.8, 4) is 17.0 Å². The number of nitrogens with zero attached hydrogens (tertiary/aromatic N) is 1. The number of ether oxygens (including phenoxy) is 1. The first-order chi connectivity index (χ1) is 8.22. The largest absolute Gasteiger partial charge is 0.481 e. The molecule has 0 saturated carbocycles. The van der Waals surface area contributed by atoms with Gasteiger partial charge in [-0.15, -0.1) is 0 Å². The monoisotopic (exact) mass is 229 g/mol. The molecule has 2 aromatic rings. The molecule has 0 spiro atoms. The molecule has 1 aromatic carbocycles. The van der Waals surface area contributed by atoms with Crippen LogP contribution in [0, 0.1) is 0 Å². The van der Waals surface area contributed by atoms with Crippen LogP contribution >= 0.6 is 0 Å². The van der Waals surface area contributed by atoms with E-state index in [-0.39, 0.29) is 5.56 Å². The summed E-state index contributed by atoms with van der Waals surface area (Å²) in [6.07, 6.45) is 1.59. The lowest BCUT2D eigenvalue weighted by Crippen LogP contribution is -1.99. The standard InChI is InChI=1S/C13H11NO3/c1-17-12-8-9(6-7-14-12)10-4-2-3-5-11(10)13(15)16/h2-8H,1H3,(H,15,16). The molecule has 4 nitrogen and oxygen atoms in total. The van der Waals surface area contributed by atoms with E-state index in [4.69, 9.17) is 9.84 Å². The lowest BCUT2D eigenvalue weighted by molar-refractivity contribution is 0.0697. The molecule has 0 atom stereocenters.